The minimum atomic E-state index is -2.90. The number of ether oxygens (including phenoxy) is 2. The van der Waals surface area contributed by atoms with Gasteiger partial charge in [-0.2, -0.15) is 8.78 Å². The molecule has 0 spiro atoms. The molecule has 2 aromatic carbocycles. The number of rotatable bonds is 9. The summed E-state index contributed by atoms with van der Waals surface area (Å²) in [5.41, 5.74) is 2.19. The Balaban J connectivity index is 1.37. The molecule has 0 aliphatic carbocycles. The summed E-state index contributed by atoms with van der Waals surface area (Å²) < 4.78 is 34.4. The molecule has 2 amide bonds. The van der Waals surface area contributed by atoms with Gasteiger partial charge in [-0.15, -0.1) is 0 Å². The van der Waals surface area contributed by atoms with Gasteiger partial charge >= 0.3 is 12.6 Å². The van der Waals surface area contributed by atoms with Gasteiger partial charge in [0.05, 0.1) is 7.11 Å². The average molecular weight is 433 g/mol. The Kier molecular flexibility index (Phi) is 8.46. The van der Waals surface area contributed by atoms with E-state index < -0.39 is 6.61 Å². The molecule has 0 saturated carbocycles. The second-order valence-electron chi connectivity index (χ2n) is 7.41. The molecule has 1 aliphatic rings. The molecule has 1 heterocycles. The highest BCUT2D eigenvalue weighted by atomic mass is 19.3. The molecule has 168 valence electrons. The summed E-state index contributed by atoms with van der Waals surface area (Å²) in [5.74, 6) is 0.242. The summed E-state index contributed by atoms with van der Waals surface area (Å²) in [4.78, 5) is 16.7. The van der Waals surface area contributed by atoms with E-state index in [0.29, 0.717) is 26.1 Å². The van der Waals surface area contributed by atoms with E-state index in [1.54, 1.807) is 12.1 Å². The number of urea groups is 1. The fourth-order valence-electron chi connectivity index (χ4n) is 3.59. The third-order valence-electron chi connectivity index (χ3n) is 5.35. The maximum absolute atomic E-state index is 12.4. The van der Waals surface area contributed by atoms with E-state index in [1.807, 2.05) is 11.0 Å². The number of nitrogens with one attached hydrogen (secondary N) is 1. The number of methoxy groups -OCH3 is 1. The van der Waals surface area contributed by atoms with Crippen molar-refractivity contribution in [3.8, 4) is 11.5 Å². The van der Waals surface area contributed by atoms with Crippen molar-refractivity contribution in [2.75, 3.05) is 46.4 Å². The first-order chi connectivity index (χ1) is 15.0. The summed E-state index contributed by atoms with van der Waals surface area (Å²) in [6, 6.07) is 15.1. The van der Waals surface area contributed by atoms with E-state index in [4.69, 9.17) is 4.74 Å². The molecule has 3 rings (SSSR count). The lowest BCUT2D eigenvalue weighted by atomic mass is 10.1. The van der Waals surface area contributed by atoms with Crippen molar-refractivity contribution in [2.24, 2.45) is 0 Å². The molecule has 1 saturated heterocycles. The molecule has 31 heavy (non-hydrogen) atoms. The first-order valence-electron chi connectivity index (χ1n) is 10.5. The summed E-state index contributed by atoms with van der Waals surface area (Å²) in [6.45, 7) is 1.67. The highest BCUT2D eigenvalue weighted by Crippen LogP contribution is 2.29. The smallest absolute Gasteiger partial charge is 0.387 e. The van der Waals surface area contributed by atoms with Gasteiger partial charge in [0, 0.05) is 39.3 Å². The molecule has 1 fully saturated rings. The fourth-order valence-corrected chi connectivity index (χ4v) is 3.59. The molecule has 1 N–H and O–H groups in total. The van der Waals surface area contributed by atoms with E-state index in [9.17, 15) is 13.6 Å². The number of halogens is 2. The zero-order valence-corrected chi connectivity index (χ0v) is 17.7. The lowest BCUT2D eigenvalue weighted by molar-refractivity contribution is -0.0512. The number of benzene rings is 2. The maximum Gasteiger partial charge on any atom is 0.387 e. The number of alkyl halides is 2. The number of hydrogen-bond acceptors (Lipinski definition) is 4. The van der Waals surface area contributed by atoms with Crippen LogP contribution in [0.5, 0.6) is 11.5 Å². The van der Waals surface area contributed by atoms with Crippen LogP contribution in [0.1, 0.15) is 11.1 Å². The van der Waals surface area contributed by atoms with Gasteiger partial charge in [-0.05, 0) is 36.1 Å². The Morgan fingerprint density at radius 1 is 1.00 bits per heavy atom. The van der Waals surface area contributed by atoms with Crippen molar-refractivity contribution < 1.29 is 23.0 Å². The van der Waals surface area contributed by atoms with Gasteiger partial charge in [0.1, 0.15) is 0 Å². The third kappa shape index (κ3) is 7.10. The SMILES string of the molecule is COc1cc(CCNC(=O)N2CCN(CCc3ccccc3)CC2)ccc1OC(F)F. The summed E-state index contributed by atoms with van der Waals surface area (Å²) in [7, 11) is 1.40. The van der Waals surface area contributed by atoms with E-state index >= 15 is 0 Å². The van der Waals surface area contributed by atoms with Crippen LogP contribution in [0.2, 0.25) is 0 Å². The standard InChI is InChI=1S/C23H29F2N3O3/c1-30-21-17-19(7-8-20(21)31-22(24)25)9-11-26-23(29)28-15-13-27(14-16-28)12-10-18-5-3-2-4-6-18/h2-8,17,22H,9-16H2,1H3,(H,26,29). The fraction of sp³-hybridized carbons (Fsp3) is 0.435. The van der Waals surface area contributed by atoms with Crippen LogP contribution in [0.15, 0.2) is 48.5 Å². The minimum absolute atomic E-state index is 0.00424. The van der Waals surface area contributed by atoms with E-state index in [1.165, 1.54) is 18.7 Å². The first-order valence-corrected chi connectivity index (χ1v) is 10.5. The predicted octanol–water partition coefficient (Wildman–Crippen LogP) is 3.41. The molecule has 6 nitrogen and oxygen atoms in total. The van der Waals surface area contributed by atoms with Crippen molar-refractivity contribution in [3.63, 3.8) is 0 Å². The molecular weight excluding hydrogens is 404 g/mol. The molecule has 0 unspecified atom stereocenters. The Bertz CT molecular complexity index is 828. The lowest BCUT2D eigenvalue weighted by Crippen LogP contribution is -2.52. The number of amides is 2. The molecule has 0 bridgehead atoms. The van der Waals surface area contributed by atoms with Gasteiger partial charge < -0.3 is 19.7 Å². The van der Waals surface area contributed by atoms with Gasteiger partial charge in [-0.3, -0.25) is 4.90 Å². The molecular formula is C23H29F2N3O3. The Morgan fingerprint density at radius 2 is 1.74 bits per heavy atom. The van der Waals surface area contributed by atoms with Gasteiger partial charge in [0.15, 0.2) is 11.5 Å². The molecule has 0 aromatic heterocycles. The minimum Gasteiger partial charge on any atom is -0.493 e. The highest BCUT2D eigenvalue weighted by Gasteiger charge is 2.20. The number of carbonyl (C=O) groups is 1. The molecule has 2 aromatic rings. The Labute approximate surface area is 181 Å². The number of piperazine rings is 1. The summed E-state index contributed by atoms with van der Waals surface area (Å²) in [6.07, 6.45) is 1.58. The van der Waals surface area contributed by atoms with Gasteiger partial charge in [0.2, 0.25) is 0 Å². The Hall–Kier alpha value is -2.87. The van der Waals surface area contributed by atoms with Crippen LogP contribution in [0, 0.1) is 0 Å². The largest absolute Gasteiger partial charge is 0.493 e. The van der Waals surface area contributed by atoms with Gasteiger partial charge in [0.25, 0.3) is 0 Å². The monoisotopic (exact) mass is 433 g/mol. The van der Waals surface area contributed by atoms with Crippen molar-refractivity contribution in [1.29, 1.82) is 0 Å². The zero-order valence-electron chi connectivity index (χ0n) is 17.7. The summed E-state index contributed by atoms with van der Waals surface area (Å²) >= 11 is 0. The number of carbonyl (C=O) groups excluding carboxylic acids is 1. The van der Waals surface area contributed by atoms with Crippen LogP contribution in [-0.4, -0.2) is 68.8 Å². The number of hydrogen-bond donors (Lipinski definition) is 1. The quantitative estimate of drug-likeness (QED) is 0.659. The van der Waals surface area contributed by atoms with Crippen LogP contribution in [0.25, 0.3) is 0 Å². The van der Waals surface area contributed by atoms with E-state index in [-0.39, 0.29) is 17.5 Å². The van der Waals surface area contributed by atoms with Crippen LogP contribution in [0.4, 0.5) is 13.6 Å². The molecule has 0 atom stereocenters. The number of nitrogens with zero attached hydrogens (tertiary/aromatic N) is 2. The molecule has 0 radical (unpaired) electrons. The third-order valence-corrected chi connectivity index (χ3v) is 5.35. The average Bonchev–Trinajstić information content (AvgIpc) is 2.79. The topological polar surface area (TPSA) is 54.0 Å². The van der Waals surface area contributed by atoms with E-state index in [2.05, 4.69) is 39.2 Å². The lowest BCUT2D eigenvalue weighted by Gasteiger charge is -2.34. The molecule has 1 aliphatic heterocycles. The highest BCUT2D eigenvalue weighted by molar-refractivity contribution is 5.74. The van der Waals surface area contributed by atoms with Crippen LogP contribution >= 0.6 is 0 Å². The van der Waals surface area contributed by atoms with Crippen LogP contribution < -0.4 is 14.8 Å². The van der Waals surface area contributed by atoms with Crippen molar-refractivity contribution in [1.82, 2.24) is 15.1 Å². The normalized spacial score (nSPS) is 14.5. The first kappa shape index (κ1) is 22.8. The second-order valence-corrected chi connectivity index (χ2v) is 7.41. The second kappa shape index (κ2) is 11.5. The van der Waals surface area contributed by atoms with Crippen LogP contribution in [-0.2, 0) is 12.8 Å². The molecule has 8 heteroatoms. The van der Waals surface area contributed by atoms with Gasteiger partial charge in [-0.1, -0.05) is 36.4 Å². The zero-order chi connectivity index (χ0) is 22.1. The predicted molar refractivity (Wildman–Crippen MR) is 115 cm³/mol. The van der Waals surface area contributed by atoms with Crippen molar-refractivity contribution >= 4 is 6.03 Å². The van der Waals surface area contributed by atoms with Crippen molar-refractivity contribution in [3.05, 3.63) is 59.7 Å². The summed E-state index contributed by atoms with van der Waals surface area (Å²) in [5, 5.41) is 2.93. The van der Waals surface area contributed by atoms with Crippen molar-refractivity contribution in [2.45, 2.75) is 19.5 Å². The van der Waals surface area contributed by atoms with Crippen LogP contribution in [0.3, 0.4) is 0 Å². The van der Waals surface area contributed by atoms with Gasteiger partial charge in [-0.25, -0.2) is 4.79 Å². The maximum atomic E-state index is 12.4. The van der Waals surface area contributed by atoms with E-state index in [0.717, 1.165) is 31.6 Å². The Morgan fingerprint density at radius 3 is 2.42 bits per heavy atom.